The zero-order valence-corrected chi connectivity index (χ0v) is 21.2. The van der Waals surface area contributed by atoms with Crippen molar-refractivity contribution in [2.24, 2.45) is 0 Å². The van der Waals surface area contributed by atoms with Gasteiger partial charge < -0.3 is 15.2 Å². The average Bonchev–Trinajstić information content (AvgIpc) is 3.21. The van der Waals surface area contributed by atoms with Crippen LogP contribution in [-0.2, 0) is 28.9 Å². The lowest BCUT2D eigenvalue weighted by Gasteiger charge is -2.10. The first-order valence-electron chi connectivity index (χ1n) is 11.3. The average molecular weight is 550 g/mol. The molecule has 0 bridgehead atoms. The molecule has 2 aromatic heterocycles. The third kappa shape index (κ3) is 8.01. The van der Waals surface area contributed by atoms with E-state index < -0.39 is 17.6 Å². The van der Waals surface area contributed by atoms with Crippen LogP contribution in [-0.4, -0.2) is 32.9 Å². The van der Waals surface area contributed by atoms with Crippen LogP contribution in [0.15, 0.2) is 60.8 Å². The van der Waals surface area contributed by atoms with Gasteiger partial charge in [0.05, 0.1) is 30.2 Å². The van der Waals surface area contributed by atoms with Gasteiger partial charge in [-0.2, -0.15) is 13.2 Å². The Labute approximate surface area is 220 Å². The Morgan fingerprint density at radius 3 is 2.45 bits per heavy atom. The lowest BCUT2D eigenvalue weighted by atomic mass is 10.1. The maximum absolute atomic E-state index is 13.4. The molecule has 0 fully saturated rings. The number of amides is 2. The van der Waals surface area contributed by atoms with Crippen LogP contribution in [0.2, 0.25) is 5.02 Å². The van der Waals surface area contributed by atoms with Crippen molar-refractivity contribution < 1.29 is 27.2 Å². The maximum Gasteiger partial charge on any atom is 0.416 e. The summed E-state index contributed by atoms with van der Waals surface area (Å²) in [6.07, 6.45) is -2.57. The number of hydrogen-bond acceptors (Lipinski definition) is 4. The molecule has 2 heterocycles. The van der Waals surface area contributed by atoms with Crippen molar-refractivity contribution in [3.8, 4) is 0 Å². The minimum atomic E-state index is -4.22. The number of pyridine rings is 1. The van der Waals surface area contributed by atoms with Gasteiger partial charge in [0.2, 0.25) is 11.8 Å². The Hall–Kier alpha value is -3.99. The van der Waals surface area contributed by atoms with Crippen LogP contribution in [0.4, 0.5) is 17.6 Å². The number of carbonyl (C=O) groups excluding carboxylic acids is 2. The lowest BCUT2D eigenvalue weighted by Crippen LogP contribution is -2.36. The van der Waals surface area contributed by atoms with E-state index in [1.54, 1.807) is 37.4 Å². The third-order valence-corrected chi connectivity index (χ3v) is 5.48. The SMILES string of the molecule is CC(=O)NCC(=O)NCc1nc2cccnc2n1Cc1ccc(F)c(Cl)c1.Cc1cccc(C(F)(F)F)c1. The maximum atomic E-state index is 13.4. The third-order valence-electron chi connectivity index (χ3n) is 5.19. The Morgan fingerprint density at radius 1 is 1.05 bits per heavy atom. The predicted octanol–water partition coefficient (Wildman–Crippen LogP) is 5.04. The van der Waals surface area contributed by atoms with Gasteiger partial charge in [0.15, 0.2) is 5.65 Å². The Morgan fingerprint density at radius 2 is 1.82 bits per heavy atom. The van der Waals surface area contributed by atoms with Crippen LogP contribution in [0.1, 0.15) is 29.4 Å². The molecule has 0 saturated carbocycles. The second kappa shape index (κ2) is 12.5. The summed E-state index contributed by atoms with van der Waals surface area (Å²) in [6, 6.07) is 13.3. The Bertz CT molecular complexity index is 1440. The zero-order valence-electron chi connectivity index (χ0n) is 20.4. The fourth-order valence-electron chi connectivity index (χ4n) is 3.39. The predicted molar refractivity (Wildman–Crippen MR) is 135 cm³/mol. The van der Waals surface area contributed by atoms with Crippen LogP contribution in [0.25, 0.3) is 11.2 Å². The topological polar surface area (TPSA) is 88.9 Å². The van der Waals surface area contributed by atoms with Crippen molar-refractivity contribution in [2.75, 3.05) is 6.54 Å². The number of aryl methyl sites for hydroxylation is 1. The van der Waals surface area contributed by atoms with Gasteiger partial charge in [0.25, 0.3) is 0 Å². The highest BCUT2D eigenvalue weighted by molar-refractivity contribution is 6.30. The summed E-state index contributed by atoms with van der Waals surface area (Å²) in [4.78, 5) is 31.6. The summed E-state index contributed by atoms with van der Waals surface area (Å²) in [6.45, 7) is 3.39. The van der Waals surface area contributed by atoms with Crippen molar-refractivity contribution in [3.63, 3.8) is 0 Å². The van der Waals surface area contributed by atoms with Gasteiger partial charge in [-0.25, -0.2) is 14.4 Å². The van der Waals surface area contributed by atoms with Crippen molar-refractivity contribution in [1.82, 2.24) is 25.2 Å². The smallest absolute Gasteiger partial charge is 0.347 e. The zero-order chi connectivity index (χ0) is 27.9. The molecule has 200 valence electrons. The molecule has 38 heavy (non-hydrogen) atoms. The normalized spacial score (nSPS) is 11.0. The summed E-state index contributed by atoms with van der Waals surface area (Å²) >= 11 is 5.87. The molecule has 2 amide bonds. The van der Waals surface area contributed by atoms with E-state index in [4.69, 9.17) is 11.6 Å². The van der Waals surface area contributed by atoms with E-state index in [0.717, 1.165) is 17.7 Å². The molecule has 7 nitrogen and oxygen atoms in total. The molecule has 0 saturated heterocycles. The first-order chi connectivity index (χ1) is 17.9. The molecule has 0 atom stereocenters. The van der Waals surface area contributed by atoms with E-state index in [-0.39, 0.29) is 29.9 Å². The van der Waals surface area contributed by atoms with Crippen molar-refractivity contribution in [2.45, 2.75) is 33.1 Å². The van der Waals surface area contributed by atoms with Gasteiger partial charge in [-0.3, -0.25) is 9.59 Å². The number of nitrogens with one attached hydrogen (secondary N) is 2. The van der Waals surface area contributed by atoms with Crippen LogP contribution < -0.4 is 10.6 Å². The van der Waals surface area contributed by atoms with Crippen LogP contribution in [0.3, 0.4) is 0 Å². The minimum Gasteiger partial charge on any atom is -0.347 e. The molecule has 12 heteroatoms. The van der Waals surface area contributed by atoms with Crippen molar-refractivity contribution in [3.05, 3.63) is 94.1 Å². The summed E-state index contributed by atoms with van der Waals surface area (Å²) in [5, 5.41) is 5.18. The molecular weight excluding hydrogens is 526 g/mol. The van der Waals surface area contributed by atoms with Gasteiger partial charge in [-0.05, 0) is 42.8 Å². The molecule has 0 aliphatic heterocycles. The van der Waals surface area contributed by atoms with E-state index in [0.29, 0.717) is 29.1 Å². The number of rotatable bonds is 6. The quantitative estimate of drug-likeness (QED) is 0.330. The fourth-order valence-corrected chi connectivity index (χ4v) is 3.60. The van der Waals surface area contributed by atoms with Gasteiger partial charge in [-0.1, -0.05) is 41.4 Å². The second-order valence-electron chi connectivity index (χ2n) is 8.26. The summed E-state index contributed by atoms with van der Waals surface area (Å²) in [5.41, 5.74) is 2.13. The molecule has 0 aliphatic carbocycles. The number of alkyl halides is 3. The van der Waals surface area contributed by atoms with Crippen LogP contribution >= 0.6 is 11.6 Å². The number of nitrogens with zero attached hydrogens (tertiary/aromatic N) is 3. The number of benzene rings is 2. The van der Waals surface area contributed by atoms with Crippen molar-refractivity contribution in [1.29, 1.82) is 0 Å². The van der Waals surface area contributed by atoms with Crippen molar-refractivity contribution >= 4 is 34.6 Å². The van der Waals surface area contributed by atoms with Gasteiger partial charge in [0.1, 0.15) is 17.2 Å². The molecule has 0 aliphatic rings. The molecule has 0 radical (unpaired) electrons. The second-order valence-corrected chi connectivity index (χ2v) is 8.67. The highest BCUT2D eigenvalue weighted by atomic mass is 35.5. The monoisotopic (exact) mass is 549 g/mol. The van der Waals surface area contributed by atoms with E-state index in [9.17, 15) is 27.2 Å². The first kappa shape index (κ1) is 28.6. The standard InChI is InChI=1S/C18H17ClFN5O2.C8H7F3/c1-11(26)22-9-17(27)23-8-16-24-15-3-2-6-21-18(15)25(16)10-12-4-5-14(20)13(19)7-12;1-6-3-2-4-7(5-6)8(9,10)11/h2-7H,8-10H2,1H3,(H,22,26)(H,23,27);2-5H,1H3. The van der Waals surface area contributed by atoms with E-state index >= 15 is 0 Å². The van der Waals surface area contributed by atoms with Crippen LogP contribution in [0, 0.1) is 12.7 Å². The molecule has 0 unspecified atom stereocenters. The van der Waals surface area contributed by atoms with Gasteiger partial charge in [-0.15, -0.1) is 0 Å². The van der Waals surface area contributed by atoms with E-state index in [1.807, 2.05) is 10.6 Å². The fraction of sp³-hybridized carbons (Fsp3) is 0.231. The summed E-state index contributed by atoms with van der Waals surface area (Å²) < 4.78 is 51.1. The lowest BCUT2D eigenvalue weighted by molar-refractivity contribution is -0.137. The number of aromatic nitrogens is 3. The Balaban J connectivity index is 0.000000304. The van der Waals surface area contributed by atoms with E-state index in [1.165, 1.54) is 19.1 Å². The number of halogens is 5. The van der Waals surface area contributed by atoms with Crippen LogP contribution in [0.5, 0.6) is 0 Å². The number of hydrogen-bond donors (Lipinski definition) is 2. The molecule has 2 N–H and O–H groups in total. The van der Waals surface area contributed by atoms with Gasteiger partial charge >= 0.3 is 6.18 Å². The number of fused-ring (bicyclic) bond motifs is 1. The number of imidazole rings is 1. The van der Waals surface area contributed by atoms with E-state index in [2.05, 4.69) is 20.6 Å². The molecular formula is C26H24ClF4N5O2. The summed E-state index contributed by atoms with van der Waals surface area (Å²) in [5.74, 6) is -0.517. The highest BCUT2D eigenvalue weighted by Gasteiger charge is 2.29. The Kier molecular flexibility index (Phi) is 9.40. The number of carbonyl (C=O) groups is 2. The molecule has 4 aromatic rings. The molecule has 0 spiro atoms. The molecule has 4 rings (SSSR count). The van der Waals surface area contributed by atoms with Gasteiger partial charge in [0, 0.05) is 13.1 Å². The highest BCUT2D eigenvalue weighted by Crippen LogP contribution is 2.29. The minimum absolute atomic E-state index is 0.0371. The largest absolute Gasteiger partial charge is 0.416 e. The first-order valence-corrected chi connectivity index (χ1v) is 11.7. The molecule has 2 aromatic carbocycles. The summed E-state index contributed by atoms with van der Waals surface area (Å²) in [7, 11) is 0.